The molecular weight excluding hydrogens is 420 g/mol. The summed E-state index contributed by atoms with van der Waals surface area (Å²) in [5.74, 6) is 0.642. The molecule has 0 aromatic heterocycles. The number of rotatable bonds is 6. The van der Waals surface area contributed by atoms with E-state index in [1.54, 1.807) is 24.3 Å². The van der Waals surface area contributed by atoms with Crippen molar-refractivity contribution in [2.75, 3.05) is 21.3 Å². The molecule has 0 saturated carbocycles. The summed E-state index contributed by atoms with van der Waals surface area (Å²) in [4.78, 5) is 53.5. The first-order chi connectivity index (χ1) is 14.5. The molecule has 6 nitrogen and oxygen atoms in total. The van der Waals surface area contributed by atoms with Crippen LogP contribution in [0.2, 0.25) is 0 Å². The monoisotopic (exact) mass is 442 g/mol. The van der Waals surface area contributed by atoms with Gasteiger partial charge < -0.3 is 0 Å². The normalized spacial score (nSPS) is 22.1. The Morgan fingerprint density at radius 3 is 1.50 bits per heavy atom. The van der Waals surface area contributed by atoms with Crippen molar-refractivity contribution in [3.05, 3.63) is 36.4 Å². The maximum atomic E-state index is 12.9. The van der Waals surface area contributed by atoms with Gasteiger partial charge in [-0.3, -0.25) is 19.2 Å². The number of fused-ring (bicyclic) bond motifs is 1. The molecule has 8 heteroatoms. The zero-order chi connectivity index (χ0) is 21.4. The number of amides is 4. The zero-order valence-electron chi connectivity index (χ0n) is 16.8. The molecule has 2 aromatic carbocycles. The minimum atomic E-state index is -0.366. The smallest absolute Gasteiger partial charge is 0.247 e. The molecule has 2 fully saturated rings. The fourth-order valence-corrected chi connectivity index (χ4v) is 5.87. The Bertz CT molecular complexity index is 971. The van der Waals surface area contributed by atoms with E-state index in [9.17, 15) is 19.2 Å². The number of hydrogen-bond acceptors (Lipinski definition) is 6. The maximum Gasteiger partial charge on any atom is 0.247 e. The van der Waals surface area contributed by atoms with Gasteiger partial charge in [-0.25, -0.2) is 9.80 Å². The molecule has 2 aliphatic rings. The number of carbonyl (C=O) groups excluding carboxylic acids is 4. The minimum Gasteiger partial charge on any atom is -0.274 e. The summed E-state index contributed by atoms with van der Waals surface area (Å²) in [6.07, 6.45) is 0.374. The summed E-state index contributed by atoms with van der Waals surface area (Å²) >= 11 is 2.94. The van der Waals surface area contributed by atoms with Crippen LogP contribution < -0.4 is 9.80 Å². The average Bonchev–Trinajstić information content (AvgIpc) is 3.16. The molecular formula is C22H22N2O4S2. The minimum absolute atomic E-state index is 0.187. The molecule has 4 amide bonds. The first-order valence-electron chi connectivity index (χ1n) is 9.96. The average molecular weight is 443 g/mol. The molecule has 2 atom stereocenters. The second kappa shape index (κ2) is 8.43. The highest BCUT2D eigenvalue weighted by Gasteiger charge is 2.42. The van der Waals surface area contributed by atoms with Gasteiger partial charge >= 0.3 is 0 Å². The van der Waals surface area contributed by atoms with Gasteiger partial charge in [-0.2, -0.15) is 0 Å². The van der Waals surface area contributed by atoms with Gasteiger partial charge in [-0.15, -0.1) is 23.5 Å². The number of benzene rings is 2. The molecule has 0 radical (unpaired) electrons. The van der Waals surface area contributed by atoms with Crippen LogP contribution in [-0.4, -0.2) is 45.6 Å². The molecule has 0 aliphatic carbocycles. The van der Waals surface area contributed by atoms with E-state index in [0.29, 0.717) is 22.1 Å². The van der Waals surface area contributed by atoms with E-state index >= 15 is 0 Å². The second-order valence-electron chi connectivity index (χ2n) is 7.08. The van der Waals surface area contributed by atoms with Crippen LogP contribution in [0.3, 0.4) is 0 Å². The maximum absolute atomic E-state index is 12.9. The summed E-state index contributed by atoms with van der Waals surface area (Å²) in [5, 5.41) is 0.612. The van der Waals surface area contributed by atoms with Gasteiger partial charge in [-0.1, -0.05) is 38.1 Å². The van der Waals surface area contributed by atoms with Crippen molar-refractivity contribution in [3.63, 3.8) is 0 Å². The summed E-state index contributed by atoms with van der Waals surface area (Å²) in [6.45, 7) is 3.92. The van der Waals surface area contributed by atoms with Crippen LogP contribution in [0.5, 0.6) is 0 Å². The molecule has 2 aliphatic heterocycles. The molecule has 2 unspecified atom stereocenters. The van der Waals surface area contributed by atoms with E-state index in [2.05, 4.69) is 0 Å². The van der Waals surface area contributed by atoms with Gasteiger partial charge in [0, 0.05) is 23.6 Å². The third-order valence-corrected chi connectivity index (χ3v) is 7.51. The van der Waals surface area contributed by atoms with Crippen molar-refractivity contribution in [1.29, 1.82) is 0 Å². The molecule has 2 saturated heterocycles. The van der Waals surface area contributed by atoms with Crippen molar-refractivity contribution in [2.24, 2.45) is 0 Å². The van der Waals surface area contributed by atoms with Gasteiger partial charge in [0.2, 0.25) is 23.6 Å². The lowest BCUT2D eigenvalue weighted by atomic mass is 10.1. The molecule has 156 valence electrons. The number of anilines is 2. The number of nitrogens with zero attached hydrogens (tertiary/aromatic N) is 2. The predicted molar refractivity (Wildman–Crippen MR) is 122 cm³/mol. The molecule has 0 spiro atoms. The van der Waals surface area contributed by atoms with Crippen LogP contribution >= 0.6 is 23.5 Å². The lowest BCUT2D eigenvalue weighted by Crippen LogP contribution is -2.32. The van der Waals surface area contributed by atoms with Crippen LogP contribution in [0.4, 0.5) is 11.4 Å². The molecule has 2 heterocycles. The van der Waals surface area contributed by atoms with Gasteiger partial charge in [0.25, 0.3) is 0 Å². The summed E-state index contributed by atoms with van der Waals surface area (Å²) in [6, 6.07) is 10.6. The van der Waals surface area contributed by atoms with Crippen LogP contribution in [-0.2, 0) is 19.2 Å². The van der Waals surface area contributed by atoms with Crippen molar-refractivity contribution in [1.82, 2.24) is 0 Å². The Morgan fingerprint density at radius 1 is 0.733 bits per heavy atom. The van der Waals surface area contributed by atoms with E-state index in [4.69, 9.17) is 0 Å². The van der Waals surface area contributed by atoms with Crippen LogP contribution in [0.25, 0.3) is 10.8 Å². The standard InChI is InChI=1S/C22H22N2O4S2/c1-3-29-17-11-19(25)23(21(17)27)15-9-5-8-14-13(15)7-6-10-16(14)24-20(26)12-18(22(24)28)30-4-2/h5-10,17-18H,3-4,11-12H2,1-2H3. The highest BCUT2D eigenvalue weighted by Crippen LogP contribution is 2.39. The third-order valence-electron chi connectivity index (χ3n) is 5.30. The molecule has 4 rings (SSSR count). The molecule has 30 heavy (non-hydrogen) atoms. The van der Waals surface area contributed by atoms with Crippen molar-refractivity contribution in [2.45, 2.75) is 37.2 Å². The zero-order valence-corrected chi connectivity index (χ0v) is 18.4. The predicted octanol–water partition coefficient (Wildman–Crippen LogP) is 3.61. The number of hydrogen-bond donors (Lipinski definition) is 0. The molecule has 0 bridgehead atoms. The lowest BCUT2D eigenvalue weighted by molar-refractivity contribution is -0.122. The highest BCUT2D eigenvalue weighted by molar-refractivity contribution is 8.00. The second-order valence-corrected chi connectivity index (χ2v) is 10.0. The molecule has 0 N–H and O–H groups in total. The largest absolute Gasteiger partial charge is 0.274 e. The highest BCUT2D eigenvalue weighted by atomic mass is 32.2. The fraction of sp³-hybridized carbons (Fsp3) is 0.364. The Balaban J connectivity index is 1.78. The molecule has 2 aromatic rings. The van der Waals surface area contributed by atoms with Crippen LogP contribution in [0.1, 0.15) is 26.7 Å². The van der Waals surface area contributed by atoms with Crippen molar-refractivity contribution in [3.8, 4) is 0 Å². The Labute approximate surface area is 183 Å². The SMILES string of the molecule is CCSC1CC(=O)N(c2cccc3c(N4C(=O)CC(SCC)C4=O)cccc23)C1=O. The van der Waals surface area contributed by atoms with E-state index in [1.165, 1.54) is 33.3 Å². The van der Waals surface area contributed by atoms with E-state index in [-0.39, 0.29) is 47.0 Å². The van der Waals surface area contributed by atoms with Gasteiger partial charge in [-0.05, 0) is 23.6 Å². The van der Waals surface area contributed by atoms with Crippen molar-refractivity contribution < 1.29 is 19.2 Å². The van der Waals surface area contributed by atoms with Crippen LogP contribution in [0.15, 0.2) is 36.4 Å². The van der Waals surface area contributed by atoms with Crippen LogP contribution in [0, 0.1) is 0 Å². The lowest BCUT2D eigenvalue weighted by Gasteiger charge is -2.21. The fourth-order valence-electron chi connectivity index (χ4n) is 4.04. The first-order valence-corrected chi connectivity index (χ1v) is 12.1. The summed E-state index contributed by atoms with van der Waals surface area (Å²) < 4.78 is 0. The van der Waals surface area contributed by atoms with E-state index in [1.807, 2.05) is 26.0 Å². The number of imide groups is 2. The quantitative estimate of drug-likeness (QED) is 0.637. The summed E-state index contributed by atoms with van der Waals surface area (Å²) in [7, 11) is 0. The van der Waals surface area contributed by atoms with Crippen molar-refractivity contribution >= 4 is 69.3 Å². The Hall–Kier alpha value is -2.32. The van der Waals surface area contributed by atoms with Gasteiger partial charge in [0.15, 0.2) is 0 Å². The van der Waals surface area contributed by atoms with E-state index < -0.39 is 0 Å². The number of carbonyl (C=O) groups is 4. The van der Waals surface area contributed by atoms with Gasteiger partial charge in [0.1, 0.15) is 0 Å². The summed E-state index contributed by atoms with van der Waals surface area (Å²) in [5.41, 5.74) is 1.00. The Morgan fingerprint density at radius 2 is 1.13 bits per heavy atom. The number of thioether (sulfide) groups is 2. The first kappa shape index (κ1) is 20.9. The van der Waals surface area contributed by atoms with Gasteiger partial charge in [0.05, 0.1) is 21.9 Å². The van der Waals surface area contributed by atoms with E-state index in [0.717, 1.165) is 11.5 Å². The topological polar surface area (TPSA) is 74.8 Å². The Kier molecular flexibility index (Phi) is 5.88. The third kappa shape index (κ3) is 3.41.